The monoisotopic (exact) mass is 240 g/mol. The molecule has 2 amide bonds. The van der Waals surface area contributed by atoms with Gasteiger partial charge in [0.25, 0.3) is 0 Å². The summed E-state index contributed by atoms with van der Waals surface area (Å²) in [5.41, 5.74) is 0.530. The molecule has 0 heterocycles. The summed E-state index contributed by atoms with van der Waals surface area (Å²) in [6.07, 6.45) is 1.27. The Bertz CT molecular complexity index is 354. The van der Waals surface area contributed by atoms with E-state index in [1.54, 1.807) is 0 Å². The Labute approximate surface area is 99.8 Å². The number of carbonyl (C=O) groups is 1. The van der Waals surface area contributed by atoms with E-state index in [4.69, 9.17) is 5.11 Å². The van der Waals surface area contributed by atoms with Gasteiger partial charge in [0.2, 0.25) is 0 Å². The normalized spacial score (nSPS) is 11.9. The van der Waals surface area contributed by atoms with Crippen LogP contribution in [0.1, 0.15) is 19.8 Å². The van der Waals surface area contributed by atoms with Crippen molar-refractivity contribution in [1.29, 1.82) is 0 Å². The molecular formula is C12H17FN2O2. The lowest BCUT2D eigenvalue weighted by Crippen LogP contribution is -2.38. The molecule has 94 valence electrons. The third-order valence-corrected chi connectivity index (χ3v) is 2.41. The van der Waals surface area contributed by atoms with E-state index in [9.17, 15) is 9.18 Å². The van der Waals surface area contributed by atoms with E-state index in [0.717, 1.165) is 6.42 Å². The fourth-order valence-electron chi connectivity index (χ4n) is 1.42. The van der Waals surface area contributed by atoms with Crippen LogP contribution >= 0.6 is 0 Å². The number of nitrogens with one attached hydrogen (secondary N) is 2. The average Bonchev–Trinajstić information content (AvgIpc) is 2.31. The summed E-state index contributed by atoms with van der Waals surface area (Å²) in [6.45, 7) is 1.97. The fraction of sp³-hybridized carbons (Fsp3) is 0.417. The standard InChI is InChI=1S/C12H17FN2O2/c1-2-10(7-8-16)14-12(17)15-11-5-3-9(13)4-6-11/h3-6,10,16H,2,7-8H2,1H3,(H2,14,15,17). The molecule has 0 saturated heterocycles. The minimum absolute atomic E-state index is 0.0370. The SMILES string of the molecule is CCC(CCO)NC(=O)Nc1ccc(F)cc1. The molecule has 0 aliphatic rings. The molecule has 1 rings (SSSR count). The molecule has 17 heavy (non-hydrogen) atoms. The molecule has 0 spiro atoms. The average molecular weight is 240 g/mol. The van der Waals surface area contributed by atoms with E-state index < -0.39 is 0 Å². The summed E-state index contributed by atoms with van der Waals surface area (Å²) >= 11 is 0. The Morgan fingerprint density at radius 1 is 1.41 bits per heavy atom. The number of carbonyl (C=O) groups excluding carboxylic acids is 1. The fourth-order valence-corrected chi connectivity index (χ4v) is 1.42. The number of aliphatic hydroxyl groups is 1. The first kappa shape index (κ1) is 13.4. The zero-order valence-corrected chi connectivity index (χ0v) is 9.74. The van der Waals surface area contributed by atoms with E-state index in [-0.39, 0.29) is 24.5 Å². The number of hydrogen-bond donors (Lipinski definition) is 3. The second-order valence-electron chi connectivity index (χ2n) is 3.72. The van der Waals surface area contributed by atoms with Crippen LogP contribution in [0.25, 0.3) is 0 Å². The Hall–Kier alpha value is -1.62. The number of rotatable bonds is 5. The van der Waals surface area contributed by atoms with Crippen molar-refractivity contribution in [3.8, 4) is 0 Å². The minimum Gasteiger partial charge on any atom is -0.396 e. The molecule has 0 radical (unpaired) electrons. The van der Waals surface area contributed by atoms with Gasteiger partial charge in [0.05, 0.1) is 0 Å². The van der Waals surface area contributed by atoms with Crippen molar-refractivity contribution >= 4 is 11.7 Å². The second-order valence-corrected chi connectivity index (χ2v) is 3.72. The van der Waals surface area contributed by atoms with Crippen LogP contribution in [0.4, 0.5) is 14.9 Å². The van der Waals surface area contributed by atoms with Gasteiger partial charge in [-0.05, 0) is 37.1 Å². The number of aliphatic hydroxyl groups excluding tert-OH is 1. The van der Waals surface area contributed by atoms with Gasteiger partial charge in [-0.15, -0.1) is 0 Å². The van der Waals surface area contributed by atoms with E-state index in [2.05, 4.69) is 10.6 Å². The topological polar surface area (TPSA) is 61.4 Å². The molecule has 4 nitrogen and oxygen atoms in total. The van der Waals surface area contributed by atoms with Gasteiger partial charge in [-0.1, -0.05) is 6.92 Å². The summed E-state index contributed by atoms with van der Waals surface area (Å²) in [5.74, 6) is -0.345. The van der Waals surface area contributed by atoms with E-state index in [1.807, 2.05) is 6.92 Å². The summed E-state index contributed by atoms with van der Waals surface area (Å²) in [7, 11) is 0. The Morgan fingerprint density at radius 3 is 2.59 bits per heavy atom. The van der Waals surface area contributed by atoms with Crippen molar-refractivity contribution in [1.82, 2.24) is 5.32 Å². The smallest absolute Gasteiger partial charge is 0.319 e. The number of halogens is 1. The third kappa shape index (κ3) is 4.82. The Balaban J connectivity index is 2.46. The van der Waals surface area contributed by atoms with Crippen LogP contribution in [0.5, 0.6) is 0 Å². The lowest BCUT2D eigenvalue weighted by atomic mass is 10.2. The first-order chi connectivity index (χ1) is 8.15. The molecule has 1 aromatic carbocycles. The number of anilines is 1. The summed E-state index contributed by atoms with van der Waals surface area (Å²) in [4.78, 5) is 11.5. The summed E-state index contributed by atoms with van der Waals surface area (Å²) in [5, 5.41) is 14.1. The molecular weight excluding hydrogens is 223 g/mol. The number of urea groups is 1. The van der Waals surface area contributed by atoms with Crippen molar-refractivity contribution in [2.24, 2.45) is 0 Å². The first-order valence-electron chi connectivity index (χ1n) is 5.59. The number of benzene rings is 1. The maximum absolute atomic E-state index is 12.6. The van der Waals surface area contributed by atoms with Crippen LogP contribution < -0.4 is 10.6 Å². The largest absolute Gasteiger partial charge is 0.396 e. The van der Waals surface area contributed by atoms with Crippen LogP contribution in [0, 0.1) is 5.82 Å². The second kappa shape index (κ2) is 6.85. The van der Waals surface area contributed by atoms with Gasteiger partial charge in [0.1, 0.15) is 5.82 Å². The maximum atomic E-state index is 12.6. The van der Waals surface area contributed by atoms with Gasteiger partial charge < -0.3 is 15.7 Å². The lowest BCUT2D eigenvalue weighted by Gasteiger charge is -2.16. The quantitative estimate of drug-likeness (QED) is 0.738. The highest BCUT2D eigenvalue weighted by Crippen LogP contribution is 2.08. The zero-order valence-electron chi connectivity index (χ0n) is 9.74. The maximum Gasteiger partial charge on any atom is 0.319 e. The van der Waals surface area contributed by atoms with Crippen molar-refractivity contribution < 1.29 is 14.3 Å². The first-order valence-corrected chi connectivity index (χ1v) is 5.59. The Morgan fingerprint density at radius 2 is 2.06 bits per heavy atom. The highest BCUT2D eigenvalue weighted by atomic mass is 19.1. The van der Waals surface area contributed by atoms with Gasteiger partial charge >= 0.3 is 6.03 Å². The van der Waals surface area contributed by atoms with Crippen LogP contribution in [0.15, 0.2) is 24.3 Å². The molecule has 1 aromatic rings. The van der Waals surface area contributed by atoms with Crippen LogP contribution in [-0.4, -0.2) is 23.8 Å². The highest BCUT2D eigenvalue weighted by molar-refractivity contribution is 5.89. The van der Waals surface area contributed by atoms with Gasteiger partial charge in [-0.2, -0.15) is 0 Å². The molecule has 0 saturated carbocycles. The van der Waals surface area contributed by atoms with E-state index in [1.165, 1.54) is 24.3 Å². The Kier molecular flexibility index (Phi) is 5.42. The summed E-state index contributed by atoms with van der Waals surface area (Å²) in [6, 6.07) is 5.13. The molecule has 0 aliphatic carbocycles. The third-order valence-electron chi connectivity index (χ3n) is 2.41. The van der Waals surface area contributed by atoms with Crippen LogP contribution in [-0.2, 0) is 0 Å². The predicted octanol–water partition coefficient (Wildman–Crippen LogP) is 2.11. The summed E-state index contributed by atoms with van der Waals surface area (Å²) < 4.78 is 12.6. The molecule has 0 aliphatic heterocycles. The van der Waals surface area contributed by atoms with Crippen molar-refractivity contribution in [3.05, 3.63) is 30.1 Å². The van der Waals surface area contributed by atoms with Gasteiger partial charge in [-0.3, -0.25) is 0 Å². The van der Waals surface area contributed by atoms with Crippen molar-refractivity contribution in [2.45, 2.75) is 25.8 Å². The van der Waals surface area contributed by atoms with Gasteiger partial charge in [0, 0.05) is 18.3 Å². The molecule has 1 unspecified atom stereocenters. The molecule has 0 fully saturated rings. The molecule has 1 atom stereocenters. The predicted molar refractivity (Wildman–Crippen MR) is 64.3 cm³/mol. The molecule has 5 heteroatoms. The van der Waals surface area contributed by atoms with E-state index >= 15 is 0 Å². The van der Waals surface area contributed by atoms with Crippen LogP contribution in [0.3, 0.4) is 0 Å². The molecule has 3 N–H and O–H groups in total. The van der Waals surface area contributed by atoms with E-state index in [0.29, 0.717) is 12.1 Å². The zero-order chi connectivity index (χ0) is 12.7. The highest BCUT2D eigenvalue weighted by Gasteiger charge is 2.09. The van der Waals surface area contributed by atoms with Crippen molar-refractivity contribution in [3.63, 3.8) is 0 Å². The molecule has 0 bridgehead atoms. The van der Waals surface area contributed by atoms with Crippen LogP contribution in [0.2, 0.25) is 0 Å². The molecule has 0 aromatic heterocycles. The van der Waals surface area contributed by atoms with Crippen molar-refractivity contribution in [2.75, 3.05) is 11.9 Å². The number of amides is 2. The number of hydrogen-bond acceptors (Lipinski definition) is 2. The minimum atomic E-state index is -0.350. The van der Waals surface area contributed by atoms with Gasteiger partial charge in [-0.25, -0.2) is 9.18 Å². The lowest BCUT2D eigenvalue weighted by molar-refractivity contribution is 0.237. The van der Waals surface area contributed by atoms with Gasteiger partial charge in [0.15, 0.2) is 0 Å².